The molecule has 0 aromatic rings. The molecule has 138 valence electrons. The van der Waals surface area contributed by atoms with Crippen molar-refractivity contribution in [3.63, 3.8) is 0 Å². The van der Waals surface area contributed by atoms with E-state index in [1.807, 2.05) is 0 Å². The summed E-state index contributed by atoms with van der Waals surface area (Å²) in [5, 5.41) is 0. The van der Waals surface area contributed by atoms with E-state index in [1.54, 1.807) is 6.92 Å². The Bertz CT molecular complexity index is 241. The van der Waals surface area contributed by atoms with Crippen LogP contribution in [-0.4, -0.2) is 19.4 Å². The van der Waals surface area contributed by atoms with Crippen LogP contribution in [0.2, 0.25) is 0 Å². The van der Waals surface area contributed by atoms with Crippen LogP contribution in [0, 0.1) is 0 Å². The summed E-state index contributed by atoms with van der Waals surface area (Å²) in [5.41, 5.74) is 0. The molecule has 0 bridgehead atoms. The number of hydrogen-bond acceptors (Lipinski definition) is 3. The molecule has 0 saturated heterocycles. The largest absolute Gasteiger partial charge is 0.508 e. The number of carbonyl (C=O) groups is 1. The average Bonchev–Trinajstić information content (AvgIpc) is 2.54. The lowest BCUT2D eigenvalue weighted by Crippen LogP contribution is -2.07. The van der Waals surface area contributed by atoms with E-state index in [4.69, 9.17) is 9.47 Å². The predicted molar refractivity (Wildman–Crippen MR) is 97.9 cm³/mol. The second-order valence-electron chi connectivity index (χ2n) is 6.48. The quantitative estimate of drug-likeness (QED) is 0.212. The Morgan fingerprint density at radius 2 is 0.957 bits per heavy atom. The molecule has 23 heavy (non-hydrogen) atoms. The number of carbonyl (C=O) groups excluding carboxylic acids is 1. The average molecular weight is 329 g/mol. The highest BCUT2D eigenvalue weighted by molar-refractivity contribution is 5.59. The smallest absolute Gasteiger partial charge is 0.435 e. The normalized spacial score (nSPS) is 10.7. The van der Waals surface area contributed by atoms with E-state index < -0.39 is 6.16 Å². The zero-order valence-corrected chi connectivity index (χ0v) is 15.7. The van der Waals surface area contributed by atoms with Gasteiger partial charge >= 0.3 is 6.16 Å². The predicted octanol–water partition coefficient (Wildman–Crippen LogP) is 7.03. The van der Waals surface area contributed by atoms with Gasteiger partial charge in [-0.15, -0.1) is 0 Å². The summed E-state index contributed by atoms with van der Waals surface area (Å²) in [4.78, 5) is 10.9. The second kappa shape index (κ2) is 19.3. The van der Waals surface area contributed by atoms with Crippen molar-refractivity contribution < 1.29 is 14.3 Å². The summed E-state index contributed by atoms with van der Waals surface area (Å²) < 4.78 is 9.64. The Hall–Kier alpha value is -0.730. The Labute approximate surface area is 144 Å². The van der Waals surface area contributed by atoms with Crippen molar-refractivity contribution in [3.8, 4) is 0 Å². The molecule has 0 spiro atoms. The minimum atomic E-state index is -0.530. The van der Waals surface area contributed by atoms with E-state index in [0.29, 0.717) is 13.2 Å². The van der Waals surface area contributed by atoms with Crippen LogP contribution in [0.3, 0.4) is 0 Å². The van der Waals surface area contributed by atoms with Crippen LogP contribution in [0.1, 0.15) is 110 Å². The van der Waals surface area contributed by atoms with E-state index in [0.717, 1.165) is 12.8 Å². The number of ether oxygens (including phenoxy) is 2. The molecule has 0 aromatic heterocycles. The van der Waals surface area contributed by atoms with E-state index in [-0.39, 0.29) is 0 Å². The van der Waals surface area contributed by atoms with Crippen LogP contribution in [0.5, 0.6) is 0 Å². The van der Waals surface area contributed by atoms with Gasteiger partial charge in [-0.2, -0.15) is 0 Å². The SMILES string of the molecule is CCCCCCCCCCCCCCCCCOC(=O)OCC. The lowest BCUT2D eigenvalue weighted by molar-refractivity contribution is 0.0578. The molecule has 0 aromatic carbocycles. The summed E-state index contributed by atoms with van der Waals surface area (Å²) in [6, 6.07) is 0. The summed E-state index contributed by atoms with van der Waals surface area (Å²) in [5.74, 6) is 0. The zero-order valence-electron chi connectivity index (χ0n) is 15.7. The fourth-order valence-corrected chi connectivity index (χ4v) is 2.79. The van der Waals surface area contributed by atoms with Crippen LogP contribution in [0.4, 0.5) is 4.79 Å². The maximum atomic E-state index is 10.9. The van der Waals surface area contributed by atoms with Crippen LogP contribution >= 0.6 is 0 Å². The van der Waals surface area contributed by atoms with Crippen molar-refractivity contribution in [1.82, 2.24) is 0 Å². The van der Waals surface area contributed by atoms with Crippen LogP contribution in [0.25, 0.3) is 0 Å². The minimum Gasteiger partial charge on any atom is -0.435 e. The van der Waals surface area contributed by atoms with Gasteiger partial charge in [0.1, 0.15) is 0 Å². The fourth-order valence-electron chi connectivity index (χ4n) is 2.79. The Balaban J connectivity index is 3.01. The van der Waals surface area contributed by atoms with E-state index in [1.165, 1.54) is 83.5 Å². The van der Waals surface area contributed by atoms with E-state index >= 15 is 0 Å². The van der Waals surface area contributed by atoms with Crippen LogP contribution in [0.15, 0.2) is 0 Å². The number of unbranched alkanes of at least 4 members (excludes halogenated alkanes) is 14. The fraction of sp³-hybridized carbons (Fsp3) is 0.950. The van der Waals surface area contributed by atoms with Crippen LogP contribution < -0.4 is 0 Å². The topological polar surface area (TPSA) is 35.5 Å². The monoisotopic (exact) mass is 328 g/mol. The molecule has 0 fully saturated rings. The number of hydrogen-bond donors (Lipinski definition) is 0. The van der Waals surface area contributed by atoms with Gasteiger partial charge in [0.05, 0.1) is 13.2 Å². The molecule has 3 heteroatoms. The first-order valence-electron chi connectivity index (χ1n) is 10.1. The van der Waals surface area contributed by atoms with Gasteiger partial charge in [0, 0.05) is 0 Å². The molecule has 0 amide bonds. The van der Waals surface area contributed by atoms with Crippen molar-refractivity contribution in [3.05, 3.63) is 0 Å². The molecule has 0 radical (unpaired) electrons. The van der Waals surface area contributed by atoms with Gasteiger partial charge in [-0.25, -0.2) is 4.79 Å². The molecule has 0 aliphatic heterocycles. The summed E-state index contributed by atoms with van der Waals surface area (Å²) in [7, 11) is 0. The Kier molecular flexibility index (Phi) is 18.7. The molecule has 0 rings (SSSR count). The molecule has 0 aliphatic rings. The van der Waals surface area contributed by atoms with Crippen molar-refractivity contribution in [1.29, 1.82) is 0 Å². The molecule has 0 atom stereocenters. The lowest BCUT2D eigenvalue weighted by Gasteiger charge is -2.05. The standard InChI is InChI=1S/C20H40O3/c1-3-5-6-7-8-9-10-11-12-13-14-15-16-17-18-19-23-20(21)22-4-2/h3-19H2,1-2H3. The molecule has 0 saturated carbocycles. The Morgan fingerprint density at radius 1 is 0.565 bits per heavy atom. The van der Waals surface area contributed by atoms with Crippen molar-refractivity contribution in [2.75, 3.05) is 13.2 Å². The summed E-state index contributed by atoms with van der Waals surface area (Å²) in [6.07, 6.45) is 19.6. The van der Waals surface area contributed by atoms with Crippen molar-refractivity contribution in [2.45, 2.75) is 110 Å². The van der Waals surface area contributed by atoms with E-state index in [2.05, 4.69) is 6.92 Å². The van der Waals surface area contributed by atoms with Gasteiger partial charge < -0.3 is 9.47 Å². The summed E-state index contributed by atoms with van der Waals surface area (Å²) in [6.45, 7) is 4.95. The van der Waals surface area contributed by atoms with Gasteiger partial charge in [-0.05, 0) is 13.3 Å². The first-order chi connectivity index (χ1) is 11.3. The van der Waals surface area contributed by atoms with Gasteiger partial charge in [-0.1, -0.05) is 96.8 Å². The van der Waals surface area contributed by atoms with Gasteiger partial charge in [-0.3, -0.25) is 0 Å². The minimum absolute atomic E-state index is 0.387. The van der Waals surface area contributed by atoms with Crippen molar-refractivity contribution >= 4 is 6.16 Å². The Morgan fingerprint density at radius 3 is 1.35 bits per heavy atom. The van der Waals surface area contributed by atoms with Crippen LogP contribution in [-0.2, 0) is 9.47 Å². The molecule has 3 nitrogen and oxygen atoms in total. The molecule has 0 heterocycles. The second-order valence-corrected chi connectivity index (χ2v) is 6.48. The molecular weight excluding hydrogens is 288 g/mol. The maximum Gasteiger partial charge on any atom is 0.508 e. The molecular formula is C20H40O3. The van der Waals surface area contributed by atoms with Crippen molar-refractivity contribution in [2.24, 2.45) is 0 Å². The molecule has 0 aliphatic carbocycles. The highest BCUT2D eigenvalue weighted by Gasteiger charge is 2.00. The third-order valence-electron chi connectivity index (χ3n) is 4.23. The van der Waals surface area contributed by atoms with Gasteiger partial charge in [0.2, 0.25) is 0 Å². The lowest BCUT2D eigenvalue weighted by atomic mass is 10.0. The first-order valence-corrected chi connectivity index (χ1v) is 10.1. The first kappa shape index (κ1) is 22.3. The third-order valence-corrected chi connectivity index (χ3v) is 4.23. The zero-order chi connectivity index (χ0) is 17.0. The third kappa shape index (κ3) is 19.2. The molecule has 0 N–H and O–H groups in total. The highest BCUT2D eigenvalue weighted by atomic mass is 16.7. The van der Waals surface area contributed by atoms with Gasteiger partial charge in [0.15, 0.2) is 0 Å². The number of rotatable bonds is 17. The van der Waals surface area contributed by atoms with E-state index in [9.17, 15) is 4.79 Å². The molecule has 0 unspecified atom stereocenters. The maximum absolute atomic E-state index is 10.9. The highest BCUT2D eigenvalue weighted by Crippen LogP contribution is 2.13. The van der Waals surface area contributed by atoms with Gasteiger partial charge in [0.25, 0.3) is 0 Å². The summed E-state index contributed by atoms with van der Waals surface area (Å²) >= 11 is 0.